The molecule has 0 saturated carbocycles. The average Bonchev–Trinajstić information content (AvgIpc) is 3.28. The van der Waals surface area contributed by atoms with Crippen molar-refractivity contribution in [3.63, 3.8) is 0 Å². The van der Waals surface area contributed by atoms with Crippen LogP contribution in [0.3, 0.4) is 0 Å². The van der Waals surface area contributed by atoms with Crippen molar-refractivity contribution in [3.05, 3.63) is 30.0 Å². The third-order valence-electron chi connectivity index (χ3n) is 7.52. The first-order valence-electron chi connectivity index (χ1n) is 14.3. The molecular formula is C30H52N4O4. The van der Waals surface area contributed by atoms with Gasteiger partial charge in [0.2, 0.25) is 5.91 Å². The monoisotopic (exact) mass is 532 g/mol. The highest BCUT2D eigenvalue weighted by Gasteiger charge is 2.31. The van der Waals surface area contributed by atoms with E-state index in [1.807, 2.05) is 56.8 Å². The summed E-state index contributed by atoms with van der Waals surface area (Å²) < 4.78 is 7.61. The molecule has 1 aromatic carbocycles. The van der Waals surface area contributed by atoms with Crippen LogP contribution in [0.2, 0.25) is 0 Å². The molecule has 0 aliphatic rings. The maximum atomic E-state index is 12.6. The predicted octanol–water partition coefficient (Wildman–Crippen LogP) is 4.57. The van der Waals surface area contributed by atoms with Crippen molar-refractivity contribution in [1.82, 2.24) is 15.1 Å². The first kappa shape index (κ1) is 32.2. The molecule has 1 heterocycles. The maximum Gasteiger partial charge on any atom is 0.225 e. The fraction of sp³-hybridized carbons (Fsp3) is 0.733. The molecule has 1 amide bonds. The van der Waals surface area contributed by atoms with Crippen molar-refractivity contribution in [2.24, 2.45) is 23.0 Å². The fourth-order valence-electron chi connectivity index (χ4n) is 4.79. The zero-order chi connectivity index (χ0) is 28.5. The molecule has 1 aromatic heterocycles. The van der Waals surface area contributed by atoms with E-state index in [1.54, 1.807) is 0 Å². The zero-order valence-corrected chi connectivity index (χ0v) is 24.6. The van der Waals surface area contributed by atoms with Crippen molar-refractivity contribution in [2.45, 2.75) is 111 Å². The van der Waals surface area contributed by atoms with Crippen molar-refractivity contribution >= 4 is 16.8 Å². The molecule has 0 spiro atoms. The number of carbonyl (C=O) groups is 1. The van der Waals surface area contributed by atoms with Crippen molar-refractivity contribution < 1.29 is 19.7 Å². The molecule has 2 rings (SSSR count). The van der Waals surface area contributed by atoms with Gasteiger partial charge in [-0.05, 0) is 56.6 Å². The second-order valence-electron chi connectivity index (χ2n) is 12.0. The van der Waals surface area contributed by atoms with Crippen molar-refractivity contribution in [1.29, 1.82) is 0 Å². The van der Waals surface area contributed by atoms with Gasteiger partial charge in [-0.2, -0.15) is 5.10 Å². The van der Waals surface area contributed by atoms with Crippen LogP contribution in [-0.4, -0.2) is 57.3 Å². The number of hydrogen-bond donors (Lipinski definition) is 4. The van der Waals surface area contributed by atoms with E-state index in [1.165, 1.54) is 0 Å². The fourth-order valence-corrected chi connectivity index (χ4v) is 4.79. The Bertz CT molecular complexity index is 988. The molecule has 0 aliphatic carbocycles. The topological polar surface area (TPSA) is 123 Å². The maximum absolute atomic E-state index is 12.6. The van der Waals surface area contributed by atoms with Gasteiger partial charge in [0.15, 0.2) is 0 Å². The second kappa shape index (κ2) is 15.0. The van der Waals surface area contributed by atoms with Gasteiger partial charge in [0, 0.05) is 36.5 Å². The number of carbonyl (C=O) groups excluding carboxylic acids is 1. The summed E-state index contributed by atoms with van der Waals surface area (Å²) in [7, 11) is 0. The van der Waals surface area contributed by atoms with Gasteiger partial charge >= 0.3 is 0 Å². The first-order chi connectivity index (χ1) is 17.9. The van der Waals surface area contributed by atoms with Crippen LogP contribution < -0.4 is 11.1 Å². The predicted molar refractivity (Wildman–Crippen MR) is 154 cm³/mol. The number of nitrogens with two attached hydrogens (primary N) is 1. The summed E-state index contributed by atoms with van der Waals surface area (Å²) >= 11 is 0. The van der Waals surface area contributed by atoms with E-state index in [4.69, 9.17) is 10.5 Å². The van der Waals surface area contributed by atoms with Crippen LogP contribution in [0, 0.1) is 17.3 Å². The van der Waals surface area contributed by atoms with Crippen molar-refractivity contribution in [2.75, 3.05) is 13.2 Å². The number of benzene rings is 1. The summed E-state index contributed by atoms with van der Waals surface area (Å²) in [6.07, 6.45) is 4.51. The summed E-state index contributed by atoms with van der Waals surface area (Å²) in [5.41, 5.74) is 7.70. The standard InChI is InChI=1S/C30H52N4O4/c1-8-9-13-30(6,7)29(37)32-19-27(35)25(31)17-24(20(2)3)28(36)22-11-12-23-18-33-34(26(23)16-22)14-10-15-38-21(4)5/h11-12,16,18,20-21,24-25,27-28,35-36H,8-10,13-15,17,19,31H2,1-7H3,(H,32,37). The minimum atomic E-state index is -0.897. The summed E-state index contributed by atoms with van der Waals surface area (Å²) in [5, 5.41) is 30.6. The molecule has 0 aliphatic heterocycles. The Morgan fingerprint density at radius 2 is 1.89 bits per heavy atom. The minimum Gasteiger partial charge on any atom is -0.390 e. The number of ether oxygens (including phenoxy) is 1. The summed E-state index contributed by atoms with van der Waals surface area (Å²) in [6, 6.07) is 5.36. The normalized spacial score (nSPS) is 15.7. The molecule has 8 nitrogen and oxygen atoms in total. The largest absolute Gasteiger partial charge is 0.390 e. The molecule has 2 aromatic rings. The lowest BCUT2D eigenvalue weighted by Crippen LogP contribution is -2.47. The zero-order valence-electron chi connectivity index (χ0n) is 24.6. The molecule has 38 heavy (non-hydrogen) atoms. The molecule has 8 heteroatoms. The molecule has 216 valence electrons. The number of unbranched alkanes of at least 4 members (excludes halogenated alkanes) is 1. The molecule has 4 unspecified atom stereocenters. The van der Waals surface area contributed by atoms with E-state index >= 15 is 0 Å². The first-order valence-corrected chi connectivity index (χ1v) is 14.3. The Balaban J connectivity index is 2.04. The van der Waals surface area contributed by atoms with Crippen LogP contribution in [0.5, 0.6) is 0 Å². The van der Waals surface area contributed by atoms with Gasteiger partial charge in [-0.3, -0.25) is 9.48 Å². The Morgan fingerprint density at radius 3 is 2.53 bits per heavy atom. The van der Waals surface area contributed by atoms with Gasteiger partial charge < -0.3 is 26.0 Å². The smallest absolute Gasteiger partial charge is 0.225 e. The number of nitrogens with one attached hydrogen (secondary N) is 1. The molecular weight excluding hydrogens is 480 g/mol. The SMILES string of the molecule is CCCCC(C)(C)C(=O)NCC(O)C(N)CC(C(C)C)C(O)c1ccc2cnn(CCCOC(C)C)c2c1. The van der Waals surface area contributed by atoms with E-state index in [0.717, 1.165) is 48.7 Å². The average molecular weight is 533 g/mol. The van der Waals surface area contributed by atoms with Gasteiger partial charge in [0.25, 0.3) is 0 Å². The molecule has 0 radical (unpaired) electrons. The highest BCUT2D eigenvalue weighted by atomic mass is 16.5. The Morgan fingerprint density at radius 1 is 1.18 bits per heavy atom. The molecule has 0 fully saturated rings. The van der Waals surface area contributed by atoms with Crippen LogP contribution in [0.4, 0.5) is 0 Å². The molecule has 4 atom stereocenters. The van der Waals surface area contributed by atoms with Crippen molar-refractivity contribution in [3.8, 4) is 0 Å². The Kier molecular flexibility index (Phi) is 12.7. The van der Waals surface area contributed by atoms with Gasteiger partial charge in [-0.25, -0.2) is 0 Å². The summed E-state index contributed by atoms with van der Waals surface area (Å²) in [6.45, 7) is 15.6. The second-order valence-corrected chi connectivity index (χ2v) is 12.0. The molecule has 0 bridgehead atoms. The van der Waals surface area contributed by atoms with Crippen LogP contribution in [0.15, 0.2) is 24.4 Å². The summed E-state index contributed by atoms with van der Waals surface area (Å²) in [5.74, 6) is -0.0949. The van der Waals surface area contributed by atoms with Gasteiger partial charge in [-0.1, -0.05) is 59.6 Å². The number of fused-ring (bicyclic) bond motifs is 1. The third-order valence-corrected chi connectivity index (χ3v) is 7.52. The van der Waals surface area contributed by atoms with E-state index < -0.39 is 23.7 Å². The van der Waals surface area contributed by atoms with Crippen LogP contribution >= 0.6 is 0 Å². The number of nitrogens with zero attached hydrogens (tertiary/aromatic N) is 2. The lowest BCUT2D eigenvalue weighted by atomic mass is 9.81. The lowest BCUT2D eigenvalue weighted by molar-refractivity contribution is -0.130. The Hall–Kier alpha value is -2.00. The highest BCUT2D eigenvalue weighted by molar-refractivity contribution is 5.81. The number of aromatic nitrogens is 2. The lowest BCUT2D eigenvalue weighted by Gasteiger charge is -2.31. The van der Waals surface area contributed by atoms with Gasteiger partial charge in [0.05, 0.1) is 30.0 Å². The van der Waals surface area contributed by atoms with E-state index in [-0.39, 0.29) is 30.4 Å². The van der Waals surface area contributed by atoms with Crippen LogP contribution in [0.25, 0.3) is 10.9 Å². The van der Waals surface area contributed by atoms with E-state index in [2.05, 4.69) is 31.2 Å². The number of rotatable bonds is 17. The van der Waals surface area contributed by atoms with Crippen LogP contribution in [0.1, 0.15) is 92.2 Å². The minimum absolute atomic E-state index is 0.0710. The Labute approximate surface area is 229 Å². The summed E-state index contributed by atoms with van der Waals surface area (Å²) in [4.78, 5) is 12.6. The number of aryl methyl sites for hydroxylation is 1. The van der Waals surface area contributed by atoms with E-state index in [0.29, 0.717) is 13.0 Å². The highest BCUT2D eigenvalue weighted by Crippen LogP contribution is 2.33. The van der Waals surface area contributed by atoms with Crippen LogP contribution in [-0.2, 0) is 16.1 Å². The molecule has 5 N–H and O–H groups in total. The number of hydrogen-bond acceptors (Lipinski definition) is 6. The third kappa shape index (κ3) is 9.33. The van der Waals surface area contributed by atoms with Gasteiger partial charge in [0.1, 0.15) is 0 Å². The van der Waals surface area contributed by atoms with Gasteiger partial charge in [-0.15, -0.1) is 0 Å². The molecule has 0 saturated heterocycles. The number of aliphatic hydroxyl groups excluding tert-OH is 2. The quantitative estimate of drug-likeness (QED) is 0.221. The number of aliphatic hydroxyl groups is 2. The van der Waals surface area contributed by atoms with E-state index in [9.17, 15) is 15.0 Å². The number of amides is 1.